The molecule has 1 aromatic heterocycles. The summed E-state index contributed by atoms with van der Waals surface area (Å²) in [5.74, 6) is -2.39. The van der Waals surface area contributed by atoms with Crippen molar-refractivity contribution in [3.8, 4) is 5.69 Å². The molecule has 3 heterocycles. The van der Waals surface area contributed by atoms with Crippen molar-refractivity contribution in [1.29, 1.82) is 0 Å². The molecule has 1 saturated heterocycles. The largest absolute Gasteiger partial charge is 0.345 e. The summed E-state index contributed by atoms with van der Waals surface area (Å²) in [6.45, 7) is 0.0834. The Labute approximate surface area is 192 Å². The van der Waals surface area contributed by atoms with Crippen LogP contribution in [-0.4, -0.2) is 55.2 Å². The zero-order chi connectivity index (χ0) is 23.8. The second-order valence-corrected chi connectivity index (χ2v) is 7.84. The molecular formula is C23H18N6O5. The highest BCUT2D eigenvalue weighted by atomic mass is 16.2. The minimum Gasteiger partial charge on any atom is -0.345 e. The maximum Gasteiger partial charge on any atom is 0.262 e. The fraction of sp³-hybridized carbons (Fsp3) is 0.174. The van der Waals surface area contributed by atoms with Crippen LogP contribution in [0.2, 0.25) is 0 Å². The van der Waals surface area contributed by atoms with E-state index in [1.54, 1.807) is 10.9 Å². The minimum atomic E-state index is -1.06. The SMILES string of the molecule is O=C1CCC(N2C(=O)c3ccc(C(=O)NCc4nncn4-c4ccccc4)cc3C2=O)C(=O)N1. The molecule has 34 heavy (non-hydrogen) atoms. The monoisotopic (exact) mass is 458 g/mol. The van der Waals surface area contributed by atoms with E-state index in [0.29, 0.717) is 5.82 Å². The fourth-order valence-corrected chi connectivity index (χ4v) is 4.06. The van der Waals surface area contributed by atoms with Gasteiger partial charge in [0, 0.05) is 17.7 Å². The second kappa shape index (κ2) is 8.35. The first kappa shape index (κ1) is 21.2. The average Bonchev–Trinajstić information content (AvgIpc) is 3.41. The number of piperidine rings is 1. The van der Waals surface area contributed by atoms with Gasteiger partial charge in [-0.1, -0.05) is 18.2 Å². The molecule has 0 radical (unpaired) electrons. The highest BCUT2D eigenvalue weighted by Gasteiger charge is 2.44. The lowest BCUT2D eigenvalue weighted by molar-refractivity contribution is -0.136. The summed E-state index contributed by atoms with van der Waals surface area (Å²) in [7, 11) is 0. The first-order valence-corrected chi connectivity index (χ1v) is 10.5. The number of nitrogens with one attached hydrogen (secondary N) is 2. The molecular weight excluding hydrogens is 440 g/mol. The van der Waals surface area contributed by atoms with E-state index in [9.17, 15) is 24.0 Å². The third-order valence-electron chi connectivity index (χ3n) is 5.76. The van der Waals surface area contributed by atoms with E-state index in [1.165, 1.54) is 18.2 Å². The molecule has 2 N–H and O–H groups in total. The molecule has 0 spiro atoms. The number of carbonyl (C=O) groups is 5. The first-order chi connectivity index (χ1) is 16.4. The Balaban J connectivity index is 1.32. The predicted molar refractivity (Wildman–Crippen MR) is 116 cm³/mol. The lowest BCUT2D eigenvalue weighted by Gasteiger charge is -2.27. The third kappa shape index (κ3) is 3.62. The van der Waals surface area contributed by atoms with E-state index < -0.39 is 35.6 Å². The molecule has 5 rings (SSSR count). The van der Waals surface area contributed by atoms with Crippen LogP contribution in [0, 0.1) is 0 Å². The van der Waals surface area contributed by atoms with Gasteiger partial charge in [0.2, 0.25) is 11.8 Å². The molecule has 1 unspecified atom stereocenters. The summed E-state index contributed by atoms with van der Waals surface area (Å²) >= 11 is 0. The van der Waals surface area contributed by atoms with Gasteiger partial charge in [-0.25, -0.2) is 0 Å². The van der Waals surface area contributed by atoms with Gasteiger partial charge in [0.1, 0.15) is 12.4 Å². The van der Waals surface area contributed by atoms with E-state index in [2.05, 4.69) is 20.8 Å². The summed E-state index contributed by atoms with van der Waals surface area (Å²) < 4.78 is 1.74. The number of para-hydroxylation sites is 1. The van der Waals surface area contributed by atoms with Gasteiger partial charge in [0.25, 0.3) is 17.7 Å². The van der Waals surface area contributed by atoms with Crippen LogP contribution in [0.25, 0.3) is 5.69 Å². The van der Waals surface area contributed by atoms with Gasteiger partial charge in [-0.05, 0) is 36.8 Å². The van der Waals surface area contributed by atoms with Gasteiger partial charge in [0.05, 0.1) is 17.7 Å². The predicted octanol–water partition coefficient (Wildman–Crippen LogP) is 0.598. The van der Waals surface area contributed by atoms with Crippen molar-refractivity contribution in [3.05, 3.63) is 77.4 Å². The molecule has 2 aliphatic rings. The third-order valence-corrected chi connectivity index (χ3v) is 5.76. The van der Waals surface area contributed by atoms with Crippen molar-refractivity contribution < 1.29 is 24.0 Å². The lowest BCUT2D eigenvalue weighted by Crippen LogP contribution is -2.54. The molecule has 11 heteroatoms. The number of rotatable bonds is 5. The zero-order valence-electron chi connectivity index (χ0n) is 17.7. The Morgan fingerprint density at radius 2 is 1.79 bits per heavy atom. The number of aromatic nitrogens is 3. The van der Waals surface area contributed by atoms with E-state index in [0.717, 1.165) is 10.6 Å². The molecule has 1 fully saturated rings. The van der Waals surface area contributed by atoms with Gasteiger partial charge in [-0.15, -0.1) is 10.2 Å². The van der Waals surface area contributed by atoms with Crippen LogP contribution in [0.3, 0.4) is 0 Å². The zero-order valence-corrected chi connectivity index (χ0v) is 17.7. The van der Waals surface area contributed by atoms with Crippen LogP contribution in [-0.2, 0) is 16.1 Å². The Bertz CT molecular complexity index is 1350. The Morgan fingerprint density at radius 3 is 2.56 bits per heavy atom. The number of amides is 5. The molecule has 0 aliphatic carbocycles. The number of hydrogen-bond donors (Lipinski definition) is 2. The average molecular weight is 458 g/mol. The number of hydrogen-bond acceptors (Lipinski definition) is 7. The highest BCUT2D eigenvalue weighted by molar-refractivity contribution is 6.24. The first-order valence-electron chi connectivity index (χ1n) is 10.5. The van der Waals surface area contributed by atoms with Gasteiger partial charge in [0.15, 0.2) is 5.82 Å². The fourth-order valence-electron chi connectivity index (χ4n) is 4.06. The van der Waals surface area contributed by atoms with Crippen LogP contribution in [0.15, 0.2) is 54.9 Å². The molecule has 5 amide bonds. The highest BCUT2D eigenvalue weighted by Crippen LogP contribution is 2.28. The van der Waals surface area contributed by atoms with Crippen molar-refractivity contribution in [2.75, 3.05) is 0 Å². The van der Waals surface area contributed by atoms with E-state index >= 15 is 0 Å². The summed E-state index contributed by atoms with van der Waals surface area (Å²) in [4.78, 5) is 62.9. The van der Waals surface area contributed by atoms with Crippen LogP contribution in [0.1, 0.15) is 49.7 Å². The van der Waals surface area contributed by atoms with Crippen LogP contribution >= 0.6 is 0 Å². The van der Waals surface area contributed by atoms with Crippen molar-refractivity contribution >= 4 is 29.5 Å². The molecule has 0 bridgehead atoms. The number of benzene rings is 2. The van der Waals surface area contributed by atoms with E-state index in [1.807, 2.05) is 30.3 Å². The standard InChI is InChI=1S/C23H18N6O5/c30-19-9-8-17(21(32)26-19)29-22(33)15-7-6-13(10-16(15)23(29)34)20(31)24-11-18-27-25-12-28(18)14-4-2-1-3-5-14/h1-7,10,12,17H,8-9,11H2,(H,24,31)(H,26,30,32). The topological polar surface area (TPSA) is 143 Å². The molecule has 0 saturated carbocycles. The molecule has 2 aliphatic heterocycles. The summed E-state index contributed by atoms with van der Waals surface area (Å²) in [6, 6.07) is 12.5. The minimum absolute atomic E-state index is 0.0328. The van der Waals surface area contributed by atoms with Gasteiger partial charge in [-0.2, -0.15) is 0 Å². The van der Waals surface area contributed by atoms with Crippen LogP contribution in [0.5, 0.6) is 0 Å². The van der Waals surface area contributed by atoms with Gasteiger partial charge in [-0.3, -0.25) is 38.8 Å². The Hall–Kier alpha value is -4.67. The van der Waals surface area contributed by atoms with E-state index in [4.69, 9.17) is 0 Å². The summed E-state index contributed by atoms with van der Waals surface area (Å²) in [5.41, 5.74) is 1.16. The van der Waals surface area contributed by atoms with Crippen molar-refractivity contribution in [2.24, 2.45) is 0 Å². The smallest absolute Gasteiger partial charge is 0.262 e. The normalized spacial score (nSPS) is 17.5. The Kier molecular flexibility index (Phi) is 5.21. The van der Waals surface area contributed by atoms with Crippen LogP contribution in [0.4, 0.5) is 0 Å². The molecule has 1 atom stereocenters. The second-order valence-electron chi connectivity index (χ2n) is 7.84. The van der Waals surface area contributed by atoms with Crippen molar-refractivity contribution in [2.45, 2.75) is 25.4 Å². The van der Waals surface area contributed by atoms with Crippen LogP contribution < -0.4 is 10.6 Å². The molecule has 2 aromatic carbocycles. The number of fused-ring (bicyclic) bond motifs is 1. The molecule has 11 nitrogen and oxygen atoms in total. The Morgan fingerprint density at radius 1 is 1.03 bits per heavy atom. The van der Waals surface area contributed by atoms with E-state index in [-0.39, 0.29) is 36.1 Å². The van der Waals surface area contributed by atoms with Crippen molar-refractivity contribution in [1.82, 2.24) is 30.3 Å². The maximum absolute atomic E-state index is 12.9. The maximum atomic E-state index is 12.9. The van der Waals surface area contributed by atoms with Gasteiger partial charge < -0.3 is 5.32 Å². The lowest BCUT2D eigenvalue weighted by atomic mass is 10.0. The molecule has 170 valence electrons. The quantitative estimate of drug-likeness (QED) is 0.533. The number of carbonyl (C=O) groups excluding carboxylic acids is 5. The summed E-state index contributed by atoms with van der Waals surface area (Å²) in [5, 5.41) is 12.8. The molecule has 3 aromatic rings. The van der Waals surface area contributed by atoms with Crippen molar-refractivity contribution in [3.63, 3.8) is 0 Å². The van der Waals surface area contributed by atoms with Gasteiger partial charge >= 0.3 is 0 Å². The number of nitrogens with zero attached hydrogens (tertiary/aromatic N) is 4. The summed E-state index contributed by atoms with van der Waals surface area (Å²) in [6.07, 6.45) is 1.64. The number of imide groups is 2.